The quantitative estimate of drug-likeness (QED) is 0.302. The Morgan fingerprint density at radius 2 is 1.94 bits per heavy atom. The van der Waals surface area contributed by atoms with E-state index in [0.717, 1.165) is 18.6 Å². The first-order chi connectivity index (χ1) is 15.0. The number of hydrogen-bond acceptors (Lipinski definition) is 4. The highest BCUT2D eigenvalue weighted by atomic mass is 35.5. The molecule has 9 heteroatoms. The SMILES string of the molecule is CCCCNC(=O)NCc1nnc(SCc2ccccc2C)n1-c1cc(Cl)ccc1Cl. The van der Waals surface area contributed by atoms with E-state index < -0.39 is 0 Å². The maximum Gasteiger partial charge on any atom is 0.315 e. The summed E-state index contributed by atoms with van der Waals surface area (Å²) in [6.07, 6.45) is 1.95. The molecular formula is C22H25Cl2N5OS. The largest absolute Gasteiger partial charge is 0.338 e. The molecule has 1 heterocycles. The Morgan fingerprint density at radius 3 is 2.71 bits per heavy atom. The van der Waals surface area contributed by atoms with Crippen molar-refractivity contribution >= 4 is 41.0 Å². The van der Waals surface area contributed by atoms with Crippen molar-refractivity contribution in [2.45, 2.75) is 44.1 Å². The average Bonchev–Trinajstić information content (AvgIpc) is 3.16. The van der Waals surface area contributed by atoms with Gasteiger partial charge in [-0.25, -0.2) is 4.79 Å². The van der Waals surface area contributed by atoms with Gasteiger partial charge in [0, 0.05) is 17.3 Å². The summed E-state index contributed by atoms with van der Waals surface area (Å²) in [5.74, 6) is 1.30. The second kappa shape index (κ2) is 11.4. The Hall–Kier alpha value is -2.22. The molecule has 164 valence electrons. The minimum absolute atomic E-state index is 0.207. The summed E-state index contributed by atoms with van der Waals surface area (Å²) < 4.78 is 1.85. The van der Waals surface area contributed by atoms with Gasteiger partial charge in [0.2, 0.25) is 0 Å². The summed E-state index contributed by atoms with van der Waals surface area (Å²) in [5.41, 5.74) is 3.11. The van der Waals surface area contributed by atoms with Gasteiger partial charge in [0.25, 0.3) is 0 Å². The molecule has 0 unspecified atom stereocenters. The Labute approximate surface area is 196 Å². The number of amides is 2. The molecule has 2 amide bonds. The lowest BCUT2D eigenvalue weighted by Gasteiger charge is -2.13. The molecular weight excluding hydrogens is 453 g/mol. The van der Waals surface area contributed by atoms with Crippen LogP contribution in [0.2, 0.25) is 10.0 Å². The van der Waals surface area contributed by atoms with Crippen LogP contribution in [0.3, 0.4) is 0 Å². The maximum absolute atomic E-state index is 12.1. The number of carbonyl (C=O) groups is 1. The smallest absolute Gasteiger partial charge is 0.315 e. The summed E-state index contributed by atoms with van der Waals surface area (Å²) in [6.45, 7) is 5.00. The molecule has 0 saturated heterocycles. The minimum Gasteiger partial charge on any atom is -0.338 e. The summed E-state index contributed by atoms with van der Waals surface area (Å²) in [7, 11) is 0. The number of nitrogens with one attached hydrogen (secondary N) is 2. The Kier molecular flexibility index (Phi) is 8.63. The zero-order valence-electron chi connectivity index (χ0n) is 17.5. The van der Waals surface area contributed by atoms with E-state index in [0.29, 0.717) is 33.3 Å². The van der Waals surface area contributed by atoms with Crippen LogP contribution in [0.25, 0.3) is 5.69 Å². The number of carbonyl (C=O) groups excluding carboxylic acids is 1. The van der Waals surface area contributed by atoms with Crippen molar-refractivity contribution in [1.29, 1.82) is 0 Å². The van der Waals surface area contributed by atoms with E-state index in [9.17, 15) is 4.79 Å². The molecule has 0 aliphatic rings. The summed E-state index contributed by atoms with van der Waals surface area (Å²) in [4.78, 5) is 12.1. The van der Waals surface area contributed by atoms with Gasteiger partial charge in [0.15, 0.2) is 11.0 Å². The fourth-order valence-electron chi connectivity index (χ4n) is 2.92. The second-order valence-electron chi connectivity index (χ2n) is 7.01. The van der Waals surface area contributed by atoms with Crippen LogP contribution in [0, 0.1) is 6.92 Å². The van der Waals surface area contributed by atoms with Crippen molar-refractivity contribution < 1.29 is 4.79 Å². The molecule has 0 fully saturated rings. The van der Waals surface area contributed by atoms with Crippen LogP contribution in [0.1, 0.15) is 36.7 Å². The first-order valence-electron chi connectivity index (χ1n) is 10.1. The van der Waals surface area contributed by atoms with E-state index in [-0.39, 0.29) is 12.6 Å². The predicted octanol–water partition coefficient (Wildman–Crippen LogP) is 5.77. The number of nitrogens with zero attached hydrogens (tertiary/aromatic N) is 3. The van der Waals surface area contributed by atoms with E-state index in [2.05, 4.69) is 46.8 Å². The number of aromatic nitrogens is 3. The molecule has 1 aromatic heterocycles. The molecule has 0 aliphatic heterocycles. The molecule has 2 aromatic carbocycles. The van der Waals surface area contributed by atoms with E-state index >= 15 is 0 Å². The van der Waals surface area contributed by atoms with Crippen LogP contribution < -0.4 is 10.6 Å². The first kappa shape index (κ1) is 23.4. The van der Waals surface area contributed by atoms with Gasteiger partial charge < -0.3 is 10.6 Å². The standard InChI is InChI=1S/C22H25Cl2N5OS/c1-3-4-11-25-21(30)26-13-20-27-28-22(31-14-16-8-6-5-7-15(16)2)29(20)19-12-17(23)9-10-18(19)24/h5-10,12H,3-4,11,13-14H2,1-2H3,(H2,25,26,30). The molecule has 0 radical (unpaired) electrons. The molecule has 0 aliphatic carbocycles. The molecule has 2 N–H and O–H groups in total. The number of benzene rings is 2. The van der Waals surface area contributed by atoms with Crippen LogP contribution in [0.4, 0.5) is 4.79 Å². The summed E-state index contributed by atoms with van der Waals surface area (Å²) >= 11 is 14.3. The zero-order valence-corrected chi connectivity index (χ0v) is 19.8. The third-order valence-electron chi connectivity index (χ3n) is 4.69. The highest BCUT2D eigenvalue weighted by Crippen LogP contribution is 2.31. The number of urea groups is 1. The van der Waals surface area contributed by atoms with Gasteiger partial charge in [-0.3, -0.25) is 4.57 Å². The summed E-state index contributed by atoms with van der Waals surface area (Å²) in [6, 6.07) is 13.2. The minimum atomic E-state index is -0.241. The van der Waals surface area contributed by atoms with Gasteiger partial charge in [-0.2, -0.15) is 0 Å². The second-order valence-corrected chi connectivity index (χ2v) is 8.79. The highest BCUT2D eigenvalue weighted by Gasteiger charge is 2.18. The monoisotopic (exact) mass is 477 g/mol. The predicted molar refractivity (Wildman–Crippen MR) is 127 cm³/mol. The number of rotatable bonds is 9. The van der Waals surface area contributed by atoms with Gasteiger partial charge in [0.1, 0.15) is 0 Å². The Bertz CT molecular complexity index is 1040. The number of hydrogen-bond donors (Lipinski definition) is 2. The molecule has 31 heavy (non-hydrogen) atoms. The average molecular weight is 478 g/mol. The zero-order chi connectivity index (χ0) is 22.2. The molecule has 6 nitrogen and oxygen atoms in total. The van der Waals surface area contributed by atoms with E-state index in [1.54, 1.807) is 30.0 Å². The van der Waals surface area contributed by atoms with Crippen molar-refractivity contribution in [3.8, 4) is 5.69 Å². The van der Waals surface area contributed by atoms with Crippen molar-refractivity contribution in [2.24, 2.45) is 0 Å². The fourth-order valence-corrected chi connectivity index (χ4v) is 4.33. The molecule has 0 saturated carbocycles. The van der Waals surface area contributed by atoms with Crippen molar-refractivity contribution in [3.63, 3.8) is 0 Å². The van der Waals surface area contributed by atoms with Crippen LogP contribution >= 0.6 is 35.0 Å². The lowest BCUT2D eigenvalue weighted by atomic mass is 10.1. The van der Waals surface area contributed by atoms with Gasteiger partial charge in [-0.1, -0.05) is 72.6 Å². The van der Waals surface area contributed by atoms with Crippen LogP contribution in [0.15, 0.2) is 47.6 Å². The number of aryl methyl sites for hydroxylation is 1. The first-order valence-corrected chi connectivity index (χ1v) is 11.8. The third kappa shape index (κ3) is 6.38. The Balaban J connectivity index is 1.84. The molecule has 0 bridgehead atoms. The van der Waals surface area contributed by atoms with Gasteiger partial charge in [-0.15, -0.1) is 10.2 Å². The van der Waals surface area contributed by atoms with Gasteiger partial charge >= 0.3 is 6.03 Å². The number of thioether (sulfide) groups is 1. The highest BCUT2D eigenvalue weighted by molar-refractivity contribution is 7.98. The Morgan fingerprint density at radius 1 is 1.13 bits per heavy atom. The maximum atomic E-state index is 12.1. The third-order valence-corrected chi connectivity index (χ3v) is 6.22. The van der Waals surface area contributed by atoms with Crippen LogP contribution in [0.5, 0.6) is 0 Å². The van der Waals surface area contributed by atoms with E-state index in [4.69, 9.17) is 23.2 Å². The molecule has 0 spiro atoms. The van der Waals surface area contributed by atoms with Gasteiger partial charge in [-0.05, 0) is 42.7 Å². The molecule has 3 rings (SSSR count). The molecule has 0 atom stereocenters. The topological polar surface area (TPSA) is 71.8 Å². The van der Waals surface area contributed by atoms with E-state index in [1.807, 2.05) is 16.7 Å². The lowest BCUT2D eigenvalue weighted by molar-refractivity contribution is 0.240. The molecule has 3 aromatic rings. The van der Waals surface area contributed by atoms with Gasteiger partial charge in [0.05, 0.1) is 17.3 Å². The number of unbranched alkanes of at least 4 members (excludes halogenated alkanes) is 1. The summed E-state index contributed by atoms with van der Waals surface area (Å²) in [5, 5.41) is 16.1. The van der Waals surface area contributed by atoms with Crippen molar-refractivity contribution in [3.05, 3.63) is 69.5 Å². The van der Waals surface area contributed by atoms with Crippen LogP contribution in [-0.2, 0) is 12.3 Å². The van der Waals surface area contributed by atoms with Crippen LogP contribution in [-0.4, -0.2) is 27.3 Å². The van der Waals surface area contributed by atoms with E-state index in [1.165, 1.54) is 11.1 Å². The fraction of sp³-hybridized carbons (Fsp3) is 0.318. The lowest BCUT2D eigenvalue weighted by Crippen LogP contribution is -2.36. The van der Waals surface area contributed by atoms with Crippen molar-refractivity contribution in [2.75, 3.05) is 6.54 Å². The normalized spacial score (nSPS) is 10.8. The van der Waals surface area contributed by atoms with Crippen molar-refractivity contribution in [1.82, 2.24) is 25.4 Å². The number of halogens is 2.